The summed E-state index contributed by atoms with van der Waals surface area (Å²) in [5.41, 5.74) is 7.03. The van der Waals surface area contributed by atoms with Crippen molar-refractivity contribution in [3.05, 3.63) is 53.6 Å². The molecule has 2 heterocycles. The van der Waals surface area contributed by atoms with Gasteiger partial charge in [-0.3, -0.25) is 0 Å². The van der Waals surface area contributed by atoms with Crippen LogP contribution in [0.5, 0.6) is 17.5 Å². The van der Waals surface area contributed by atoms with Crippen molar-refractivity contribution in [3.8, 4) is 35.0 Å². The molecule has 0 bridgehead atoms. The number of hydrogen-bond acceptors (Lipinski definition) is 8. The second kappa shape index (κ2) is 8.71. The monoisotopic (exact) mass is 416 g/mol. The van der Waals surface area contributed by atoms with Crippen molar-refractivity contribution < 1.29 is 22.6 Å². The van der Waals surface area contributed by atoms with Crippen molar-refractivity contribution in [1.82, 2.24) is 19.9 Å². The molecule has 0 atom stereocenters. The Bertz CT molecular complexity index is 1080. The number of alkyl halides is 3. The molecule has 0 aliphatic rings. The summed E-state index contributed by atoms with van der Waals surface area (Å²) in [6.07, 6.45) is -1.40. The molecule has 2 N–H and O–H groups in total. The van der Waals surface area contributed by atoms with Gasteiger partial charge in [-0.15, -0.1) is 0 Å². The number of aromatic nitrogens is 4. The van der Waals surface area contributed by atoms with Gasteiger partial charge in [0.25, 0.3) is 0 Å². The van der Waals surface area contributed by atoms with E-state index in [4.69, 9.17) is 10.5 Å². The minimum Gasteiger partial charge on any atom is -0.468 e. The van der Waals surface area contributed by atoms with Crippen molar-refractivity contribution in [2.75, 3.05) is 6.61 Å². The van der Waals surface area contributed by atoms with Gasteiger partial charge in [0.2, 0.25) is 11.8 Å². The number of nitriles is 1. The highest BCUT2D eigenvalue weighted by atomic mass is 19.4. The van der Waals surface area contributed by atoms with Crippen molar-refractivity contribution in [2.45, 2.75) is 19.6 Å². The van der Waals surface area contributed by atoms with Gasteiger partial charge in [-0.05, 0) is 25.1 Å². The number of nitrogens with two attached hydrogens (primary N) is 1. The maximum atomic E-state index is 12.4. The van der Waals surface area contributed by atoms with Crippen LogP contribution < -0.4 is 15.2 Å². The van der Waals surface area contributed by atoms with E-state index < -0.39 is 12.8 Å². The van der Waals surface area contributed by atoms with Gasteiger partial charge in [0.15, 0.2) is 12.4 Å². The first-order valence-corrected chi connectivity index (χ1v) is 8.56. The lowest BCUT2D eigenvalue weighted by molar-refractivity contribution is -0.154. The number of halogens is 3. The van der Waals surface area contributed by atoms with Crippen LogP contribution in [0.25, 0.3) is 11.4 Å². The zero-order valence-electron chi connectivity index (χ0n) is 15.6. The molecule has 0 fully saturated rings. The molecule has 0 radical (unpaired) electrons. The highest BCUT2D eigenvalue weighted by Gasteiger charge is 2.29. The van der Waals surface area contributed by atoms with Crippen molar-refractivity contribution in [3.63, 3.8) is 0 Å². The molecule has 0 saturated carbocycles. The van der Waals surface area contributed by atoms with E-state index in [2.05, 4.69) is 24.7 Å². The molecule has 154 valence electrons. The van der Waals surface area contributed by atoms with E-state index in [1.54, 1.807) is 24.5 Å². The summed E-state index contributed by atoms with van der Waals surface area (Å²) in [5, 5.41) is 9.19. The molecule has 0 aliphatic carbocycles. The first-order valence-electron chi connectivity index (χ1n) is 8.56. The van der Waals surface area contributed by atoms with Gasteiger partial charge in [0.1, 0.15) is 11.6 Å². The van der Waals surface area contributed by atoms with Gasteiger partial charge in [-0.1, -0.05) is 0 Å². The SMILES string of the molecule is Cc1nc(OCC(F)(F)F)cc(Oc2cc(C#N)ccc2-c2ncc(CN)cn2)n1. The van der Waals surface area contributed by atoms with Crippen LogP contribution in [0.1, 0.15) is 17.0 Å². The maximum Gasteiger partial charge on any atom is 0.422 e. The number of hydrogen-bond donors (Lipinski definition) is 1. The smallest absolute Gasteiger partial charge is 0.422 e. The Hall–Kier alpha value is -3.78. The molecule has 0 saturated heterocycles. The summed E-state index contributed by atoms with van der Waals surface area (Å²) in [5.74, 6) is 0.289. The van der Waals surface area contributed by atoms with Crippen LogP contribution in [-0.2, 0) is 6.54 Å². The van der Waals surface area contributed by atoms with Gasteiger partial charge in [-0.2, -0.15) is 28.4 Å². The van der Waals surface area contributed by atoms with Gasteiger partial charge < -0.3 is 15.2 Å². The lowest BCUT2D eigenvalue weighted by atomic mass is 10.1. The third-order valence-electron chi connectivity index (χ3n) is 3.68. The zero-order chi connectivity index (χ0) is 21.7. The average Bonchev–Trinajstić information content (AvgIpc) is 2.71. The molecule has 11 heteroatoms. The molecule has 30 heavy (non-hydrogen) atoms. The Morgan fingerprint density at radius 1 is 1.10 bits per heavy atom. The Balaban J connectivity index is 1.95. The minimum atomic E-state index is -4.51. The molecular formula is C19H15F3N6O2. The molecule has 0 unspecified atom stereocenters. The summed E-state index contributed by atoms with van der Waals surface area (Å²) >= 11 is 0. The zero-order valence-corrected chi connectivity index (χ0v) is 15.6. The van der Waals surface area contributed by atoms with Crippen LogP contribution in [0.4, 0.5) is 13.2 Å². The lowest BCUT2D eigenvalue weighted by Crippen LogP contribution is -2.19. The van der Waals surface area contributed by atoms with E-state index in [0.717, 1.165) is 11.6 Å². The fourth-order valence-electron chi connectivity index (χ4n) is 2.37. The lowest BCUT2D eigenvalue weighted by Gasteiger charge is -2.13. The molecule has 1 aromatic carbocycles. The summed E-state index contributed by atoms with van der Waals surface area (Å²) in [6, 6.07) is 7.72. The Morgan fingerprint density at radius 3 is 2.43 bits per heavy atom. The fraction of sp³-hybridized carbons (Fsp3) is 0.211. The van der Waals surface area contributed by atoms with Crippen LogP contribution in [0.15, 0.2) is 36.7 Å². The van der Waals surface area contributed by atoms with Crippen LogP contribution in [0.3, 0.4) is 0 Å². The predicted molar refractivity (Wildman–Crippen MR) is 98.5 cm³/mol. The highest BCUT2D eigenvalue weighted by molar-refractivity contribution is 5.66. The molecule has 3 rings (SSSR count). The normalized spacial score (nSPS) is 11.1. The van der Waals surface area contributed by atoms with Gasteiger partial charge in [0, 0.05) is 24.5 Å². The summed E-state index contributed by atoms with van der Waals surface area (Å²) in [4.78, 5) is 16.3. The predicted octanol–water partition coefficient (Wildman–Crippen LogP) is 3.31. The first-order chi connectivity index (χ1) is 14.3. The second-order valence-corrected chi connectivity index (χ2v) is 6.04. The maximum absolute atomic E-state index is 12.4. The largest absolute Gasteiger partial charge is 0.468 e. The van der Waals surface area contributed by atoms with Gasteiger partial charge in [0.05, 0.1) is 23.3 Å². The van der Waals surface area contributed by atoms with E-state index in [1.807, 2.05) is 6.07 Å². The molecule has 8 nitrogen and oxygen atoms in total. The van der Waals surface area contributed by atoms with Crippen LogP contribution in [0.2, 0.25) is 0 Å². The topological polar surface area (TPSA) is 120 Å². The Morgan fingerprint density at radius 2 is 1.80 bits per heavy atom. The summed E-state index contributed by atoms with van der Waals surface area (Å²) in [7, 11) is 0. The van der Waals surface area contributed by atoms with Crippen LogP contribution in [-0.4, -0.2) is 32.7 Å². The minimum absolute atomic E-state index is 0.0606. The number of benzene rings is 1. The Kier molecular flexibility index (Phi) is 6.08. The van der Waals surface area contributed by atoms with Gasteiger partial charge >= 0.3 is 6.18 Å². The fourth-order valence-corrected chi connectivity index (χ4v) is 2.37. The third-order valence-corrected chi connectivity index (χ3v) is 3.68. The summed E-state index contributed by atoms with van der Waals surface area (Å²) in [6.45, 7) is 0.256. The average molecular weight is 416 g/mol. The van der Waals surface area contributed by atoms with Crippen LogP contribution in [0, 0.1) is 18.3 Å². The standard InChI is InChI=1S/C19H15F3N6O2/c1-11-27-16(29-10-19(20,21)22)5-17(28-11)30-15-4-12(6-23)2-3-14(15)18-25-8-13(7-24)9-26-18/h2-5,8-9H,7,10,24H2,1H3. The Labute approximate surface area is 169 Å². The van der Waals surface area contributed by atoms with Crippen molar-refractivity contribution >= 4 is 0 Å². The number of nitrogens with zero attached hydrogens (tertiary/aromatic N) is 5. The van der Waals surface area contributed by atoms with E-state index in [-0.39, 0.29) is 29.9 Å². The van der Waals surface area contributed by atoms with E-state index >= 15 is 0 Å². The van der Waals surface area contributed by atoms with E-state index in [9.17, 15) is 18.4 Å². The third kappa shape index (κ3) is 5.39. The molecular weight excluding hydrogens is 401 g/mol. The second-order valence-electron chi connectivity index (χ2n) is 6.04. The van der Waals surface area contributed by atoms with E-state index in [0.29, 0.717) is 17.0 Å². The molecule has 0 aliphatic heterocycles. The molecule has 0 spiro atoms. The van der Waals surface area contributed by atoms with E-state index in [1.165, 1.54) is 13.0 Å². The van der Waals surface area contributed by atoms with Crippen molar-refractivity contribution in [2.24, 2.45) is 5.73 Å². The highest BCUT2D eigenvalue weighted by Crippen LogP contribution is 2.33. The molecule has 0 amide bonds. The van der Waals surface area contributed by atoms with Gasteiger partial charge in [-0.25, -0.2) is 9.97 Å². The number of ether oxygens (including phenoxy) is 2. The number of rotatable bonds is 6. The van der Waals surface area contributed by atoms with Crippen LogP contribution >= 0.6 is 0 Å². The molecule has 2 aromatic heterocycles. The molecule has 3 aromatic rings. The quantitative estimate of drug-likeness (QED) is 0.650. The first kappa shape index (κ1) is 20.9. The van der Waals surface area contributed by atoms with Crippen molar-refractivity contribution in [1.29, 1.82) is 5.26 Å². The number of aryl methyl sites for hydroxylation is 1. The summed E-state index contributed by atoms with van der Waals surface area (Å²) < 4.78 is 47.7.